The van der Waals surface area contributed by atoms with Gasteiger partial charge in [-0.25, -0.2) is 9.79 Å². The molecule has 1 aliphatic rings. The number of carbonyl (C=O) groups is 1. The van der Waals surface area contributed by atoms with Crippen molar-refractivity contribution in [3.8, 4) is 5.75 Å². The molecule has 6 nitrogen and oxygen atoms in total. The molecule has 194 valence electrons. The lowest BCUT2D eigenvalue weighted by Crippen LogP contribution is -2.40. The first-order valence-corrected chi connectivity index (χ1v) is 13.4. The van der Waals surface area contributed by atoms with Gasteiger partial charge in [-0.2, -0.15) is 0 Å². The van der Waals surface area contributed by atoms with Crippen LogP contribution in [0.15, 0.2) is 57.5 Å². The molecule has 0 saturated carbocycles. The van der Waals surface area contributed by atoms with E-state index in [1.807, 2.05) is 37.3 Å². The molecule has 3 aromatic rings. The Kier molecular flexibility index (Phi) is 7.76. The summed E-state index contributed by atoms with van der Waals surface area (Å²) in [5.74, 6) is 0.568. The van der Waals surface area contributed by atoms with Crippen molar-refractivity contribution in [2.24, 2.45) is 4.99 Å². The highest BCUT2D eigenvalue weighted by molar-refractivity contribution is 7.07. The number of hydrogen-bond acceptors (Lipinski definition) is 6. The summed E-state index contributed by atoms with van der Waals surface area (Å²) in [6, 6.07) is 10.5. The first-order valence-electron chi connectivity index (χ1n) is 12.2. The molecule has 2 aromatic carbocycles. The molecule has 8 heteroatoms. The van der Waals surface area contributed by atoms with E-state index in [4.69, 9.17) is 21.1 Å². The van der Waals surface area contributed by atoms with Crippen LogP contribution in [0.1, 0.15) is 68.8 Å². The monoisotopic (exact) mass is 538 g/mol. The van der Waals surface area contributed by atoms with E-state index in [0.29, 0.717) is 31.2 Å². The summed E-state index contributed by atoms with van der Waals surface area (Å²) in [6.45, 7) is 11.5. The van der Waals surface area contributed by atoms with Crippen molar-refractivity contribution in [3.05, 3.63) is 94.6 Å². The second kappa shape index (κ2) is 10.7. The summed E-state index contributed by atoms with van der Waals surface area (Å²) in [7, 11) is 1.66. The number of aromatic nitrogens is 1. The number of carbonyl (C=O) groups excluding carboxylic acids is 1. The third kappa shape index (κ3) is 5.15. The van der Waals surface area contributed by atoms with E-state index in [1.54, 1.807) is 38.5 Å². The molecule has 0 bridgehead atoms. The molecule has 1 atom stereocenters. The molecule has 1 aliphatic heterocycles. The summed E-state index contributed by atoms with van der Waals surface area (Å²) in [5, 5.41) is 0.458. The first-order chi connectivity index (χ1) is 17.5. The molecule has 0 aliphatic carbocycles. The van der Waals surface area contributed by atoms with Gasteiger partial charge in [-0.1, -0.05) is 55.0 Å². The highest BCUT2D eigenvalue weighted by Gasteiger charge is 2.34. The van der Waals surface area contributed by atoms with Crippen molar-refractivity contribution >= 4 is 35.0 Å². The number of nitrogens with zero attached hydrogens (tertiary/aromatic N) is 2. The number of methoxy groups -OCH3 is 1. The van der Waals surface area contributed by atoms with Crippen LogP contribution in [0, 0.1) is 6.92 Å². The molecule has 0 amide bonds. The van der Waals surface area contributed by atoms with Crippen LogP contribution in [0.5, 0.6) is 5.75 Å². The molecule has 0 radical (unpaired) electrons. The first kappa shape index (κ1) is 26.9. The van der Waals surface area contributed by atoms with Gasteiger partial charge >= 0.3 is 5.97 Å². The van der Waals surface area contributed by atoms with Crippen LogP contribution < -0.4 is 19.6 Å². The van der Waals surface area contributed by atoms with Gasteiger partial charge in [0.2, 0.25) is 0 Å². The minimum Gasteiger partial charge on any atom is -0.496 e. The van der Waals surface area contributed by atoms with E-state index in [9.17, 15) is 9.59 Å². The normalized spacial score (nSPS) is 15.7. The Morgan fingerprint density at radius 1 is 1.16 bits per heavy atom. The topological polar surface area (TPSA) is 69.9 Å². The smallest absolute Gasteiger partial charge is 0.338 e. The number of hydrogen-bond donors (Lipinski definition) is 0. The minimum absolute atomic E-state index is 0.239. The van der Waals surface area contributed by atoms with Gasteiger partial charge in [0, 0.05) is 5.02 Å². The Morgan fingerprint density at radius 3 is 2.49 bits per heavy atom. The van der Waals surface area contributed by atoms with E-state index in [-0.39, 0.29) is 17.6 Å². The van der Waals surface area contributed by atoms with E-state index >= 15 is 0 Å². The van der Waals surface area contributed by atoms with Crippen molar-refractivity contribution in [1.29, 1.82) is 0 Å². The van der Waals surface area contributed by atoms with Crippen LogP contribution in [0.25, 0.3) is 6.08 Å². The summed E-state index contributed by atoms with van der Waals surface area (Å²) >= 11 is 7.89. The zero-order chi connectivity index (χ0) is 27.0. The number of halogens is 1. The van der Waals surface area contributed by atoms with Gasteiger partial charge < -0.3 is 9.47 Å². The molecule has 1 unspecified atom stereocenters. The zero-order valence-corrected chi connectivity index (χ0v) is 23.7. The van der Waals surface area contributed by atoms with Gasteiger partial charge in [0.1, 0.15) is 11.8 Å². The third-order valence-electron chi connectivity index (χ3n) is 6.31. The molecule has 0 N–H and O–H groups in total. The highest BCUT2D eigenvalue weighted by atomic mass is 35.5. The maximum atomic E-state index is 13.9. The zero-order valence-electron chi connectivity index (χ0n) is 22.1. The third-order valence-corrected chi connectivity index (χ3v) is 7.64. The molecule has 0 fully saturated rings. The van der Waals surface area contributed by atoms with Crippen molar-refractivity contribution in [1.82, 2.24) is 4.57 Å². The maximum absolute atomic E-state index is 13.9. The number of fused-ring (bicyclic) bond motifs is 1. The second-order valence-electron chi connectivity index (χ2n) is 9.66. The average molecular weight is 539 g/mol. The number of benzene rings is 2. The average Bonchev–Trinajstić information content (AvgIpc) is 3.13. The number of ether oxygens (including phenoxy) is 2. The number of esters is 1. The Morgan fingerprint density at radius 2 is 1.86 bits per heavy atom. The Bertz CT molecular complexity index is 1580. The van der Waals surface area contributed by atoms with E-state index in [1.165, 1.54) is 11.3 Å². The molecule has 0 spiro atoms. The molecule has 4 rings (SSSR count). The SMILES string of the molecule is COc1cc(C)c(C=c2sc3n(c2=O)C(c2ccccc2Cl)C(C(=O)OC(C)C)=C(C)N=3)cc1C(C)C. The predicted molar refractivity (Wildman–Crippen MR) is 148 cm³/mol. The number of thiazole rings is 1. The van der Waals surface area contributed by atoms with E-state index in [2.05, 4.69) is 24.9 Å². The van der Waals surface area contributed by atoms with Gasteiger partial charge in [-0.05, 0) is 80.1 Å². The minimum atomic E-state index is -0.749. The van der Waals surface area contributed by atoms with Crippen LogP contribution in [0.2, 0.25) is 5.02 Å². The van der Waals surface area contributed by atoms with Crippen LogP contribution >= 0.6 is 22.9 Å². The van der Waals surface area contributed by atoms with Crippen LogP contribution in [-0.2, 0) is 9.53 Å². The largest absolute Gasteiger partial charge is 0.496 e. The van der Waals surface area contributed by atoms with Crippen LogP contribution in [0.4, 0.5) is 0 Å². The lowest BCUT2D eigenvalue weighted by molar-refractivity contribution is -0.143. The molecule has 37 heavy (non-hydrogen) atoms. The number of aryl methyl sites for hydroxylation is 1. The Balaban J connectivity index is 1.97. The van der Waals surface area contributed by atoms with Crippen molar-refractivity contribution in [3.63, 3.8) is 0 Å². The molecule has 1 aromatic heterocycles. The van der Waals surface area contributed by atoms with Gasteiger partial charge in [0.25, 0.3) is 5.56 Å². The van der Waals surface area contributed by atoms with Gasteiger partial charge in [0.05, 0.1) is 29.0 Å². The Hall–Kier alpha value is -3.16. The fourth-order valence-corrected chi connectivity index (χ4v) is 5.77. The fourth-order valence-electron chi connectivity index (χ4n) is 4.49. The summed E-state index contributed by atoms with van der Waals surface area (Å²) in [4.78, 5) is 32.3. The van der Waals surface area contributed by atoms with Gasteiger partial charge in [-0.15, -0.1) is 0 Å². The quantitative estimate of drug-likeness (QED) is 0.400. The summed E-state index contributed by atoms with van der Waals surface area (Å²) in [5.41, 5.74) is 4.21. The summed E-state index contributed by atoms with van der Waals surface area (Å²) < 4.78 is 13.2. The van der Waals surface area contributed by atoms with Crippen molar-refractivity contribution in [2.45, 2.75) is 59.6 Å². The summed E-state index contributed by atoms with van der Waals surface area (Å²) in [6.07, 6.45) is 1.57. The van der Waals surface area contributed by atoms with Crippen molar-refractivity contribution in [2.75, 3.05) is 7.11 Å². The van der Waals surface area contributed by atoms with Crippen LogP contribution in [-0.4, -0.2) is 23.8 Å². The lowest BCUT2D eigenvalue weighted by Gasteiger charge is -2.26. The maximum Gasteiger partial charge on any atom is 0.338 e. The molecule has 0 saturated heterocycles. The number of rotatable bonds is 6. The number of allylic oxidation sites excluding steroid dienone is 1. The fraction of sp³-hybridized carbons (Fsp3) is 0.345. The van der Waals surface area contributed by atoms with E-state index < -0.39 is 12.0 Å². The molecule has 2 heterocycles. The van der Waals surface area contributed by atoms with Crippen molar-refractivity contribution < 1.29 is 14.3 Å². The van der Waals surface area contributed by atoms with Gasteiger partial charge in [-0.3, -0.25) is 9.36 Å². The lowest BCUT2D eigenvalue weighted by atomic mass is 9.95. The second-order valence-corrected chi connectivity index (χ2v) is 11.1. The predicted octanol–water partition coefficient (Wildman–Crippen LogP) is 5.28. The highest BCUT2D eigenvalue weighted by Crippen LogP contribution is 2.35. The Labute approximate surface area is 225 Å². The van der Waals surface area contributed by atoms with E-state index in [0.717, 1.165) is 22.4 Å². The molecular formula is C29H31ClN2O4S. The molecular weight excluding hydrogens is 508 g/mol. The standard InChI is InChI=1S/C29H31ClN2O4S/c1-15(2)21-13-19(17(5)12-23(21)35-7)14-24-27(33)32-26(20-10-8-9-11-22(20)30)25(28(34)36-16(3)4)18(6)31-29(32)37-24/h8-16,26H,1-7H3. The van der Waals surface area contributed by atoms with Crippen LogP contribution in [0.3, 0.4) is 0 Å². The van der Waals surface area contributed by atoms with Gasteiger partial charge in [0.15, 0.2) is 4.80 Å².